The molecule has 0 aliphatic rings. The third-order valence-electron chi connectivity index (χ3n) is 4.03. The van der Waals surface area contributed by atoms with Crippen LogP contribution in [0.4, 0.5) is 74.6 Å². The molecule has 0 heterocycles. The van der Waals surface area contributed by atoms with Gasteiger partial charge in [0.2, 0.25) is 0 Å². The maximum atomic E-state index is 13.7. The van der Waals surface area contributed by atoms with Crippen molar-refractivity contribution in [2.75, 3.05) is 6.61 Å². The van der Waals surface area contributed by atoms with E-state index in [9.17, 15) is 79.4 Å². The van der Waals surface area contributed by atoms with Crippen molar-refractivity contribution in [3.63, 3.8) is 0 Å². The van der Waals surface area contributed by atoms with Gasteiger partial charge >= 0.3 is 53.6 Å². The molecule has 0 bridgehead atoms. The van der Waals surface area contributed by atoms with Crippen LogP contribution in [0.5, 0.6) is 0 Å². The minimum Gasteiger partial charge on any atom is -0.481 e. The molecule has 0 saturated carbocycles. The number of carbonyl (C=O) groups is 1. The average molecular weight is 536 g/mol. The summed E-state index contributed by atoms with van der Waals surface area (Å²) in [4.78, 5) is 10.5. The molecule has 0 aromatic rings. The van der Waals surface area contributed by atoms with Crippen molar-refractivity contribution in [1.82, 2.24) is 0 Å². The zero-order valence-corrected chi connectivity index (χ0v) is 14.9. The lowest BCUT2D eigenvalue weighted by atomic mass is 9.84. The molecule has 1 unspecified atom stereocenters. The summed E-state index contributed by atoms with van der Waals surface area (Å²) in [5.41, 5.74) is 0. The third kappa shape index (κ3) is 4.75. The van der Waals surface area contributed by atoms with Gasteiger partial charge in [-0.15, -0.1) is 0 Å². The normalized spacial score (nSPS) is 16.7. The van der Waals surface area contributed by atoms with Crippen LogP contribution in [0.1, 0.15) is 12.8 Å². The summed E-state index contributed by atoms with van der Waals surface area (Å²) in [7, 11) is 0. The molecule has 1 atom stereocenters. The van der Waals surface area contributed by atoms with Crippen molar-refractivity contribution in [3.8, 4) is 0 Å². The molecule has 0 aliphatic heterocycles. The molecule has 20 heteroatoms. The quantitative estimate of drug-likeness (QED) is 0.345. The first-order valence-electron chi connectivity index (χ1n) is 7.65. The van der Waals surface area contributed by atoms with Crippen molar-refractivity contribution >= 4 is 5.97 Å². The molecule has 0 fully saturated rings. The van der Waals surface area contributed by atoms with Crippen LogP contribution < -0.4 is 0 Å². The van der Waals surface area contributed by atoms with Gasteiger partial charge in [0.1, 0.15) is 12.3 Å². The smallest absolute Gasteiger partial charge is 0.395 e. The highest BCUT2D eigenvalue weighted by Crippen LogP contribution is 2.63. The van der Waals surface area contributed by atoms with Crippen LogP contribution in [0.15, 0.2) is 0 Å². The first-order chi connectivity index (χ1) is 14.1. The summed E-state index contributed by atoms with van der Waals surface area (Å²) in [5, 5.41) is 16.7. The van der Waals surface area contributed by atoms with Crippen molar-refractivity contribution in [2.24, 2.45) is 5.92 Å². The fourth-order valence-corrected chi connectivity index (χ4v) is 2.20. The summed E-state index contributed by atoms with van der Waals surface area (Å²) in [5.74, 6) is -63.7. The molecule has 0 aliphatic carbocycles. The standard InChI is InChI=1S/C13H9F17O3/c14-6(15,3-7(16,17)18)9(21,22)11(25,26)13(29,30)12(27,28)10(23,24)8(19,20)4(1-2-31)5(32)33/h4,31H,1-3H2,(H,32,33). The summed E-state index contributed by atoms with van der Waals surface area (Å²) in [6.07, 6.45) is -13.0. The largest absolute Gasteiger partial charge is 0.481 e. The molecule has 0 amide bonds. The predicted octanol–water partition coefficient (Wildman–Crippen LogP) is 5.47. The van der Waals surface area contributed by atoms with Gasteiger partial charge in [0, 0.05) is 6.61 Å². The van der Waals surface area contributed by atoms with E-state index in [1.165, 1.54) is 0 Å². The number of aliphatic hydroxyl groups is 1. The maximum Gasteiger partial charge on any atom is 0.395 e. The Hall–Kier alpha value is -1.76. The summed E-state index contributed by atoms with van der Waals surface area (Å²) in [6, 6.07) is 0. The monoisotopic (exact) mass is 536 g/mol. The van der Waals surface area contributed by atoms with E-state index in [-0.39, 0.29) is 0 Å². The Balaban J connectivity index is 6.78. The van der Waals surface area contributed by atoms with Gasteiger partial charge in [-0.05, 0) is 6.42 Å². The van der Waals surface area contributed by atoms with Crippen LogP contribution in [0.2, 0.25) is 0 Å². The minimum absolute atomic E-state index is 1.83. The topological polar surface area (TPSA) is 57.5 Å². The number of hydrogen-bond donors (Lipinski definition) is 2. The van der Waals surface area contributed by atoms with E-state index in [2.05, 4.69) is 0 Å². The zero-order valence-electron chi connectivity index (χ0n) is 14.9. The molecule has 3 nitrogen and oxygen atoms in total. The number of rotatable bonds is 11. The molecular weight excluding hydrogens is 527 g/mol. The Morgan fingerprint density at radius 2 is 0.939 bits per heavy atom. The summed E-state index contributed by atoms with van der Waals surface area (Å²) < 4.78 is 224. The highest BCUT2D eigenvalue weighted by atomic mass is 19.4. The molecule has 0 saturated heterocycles. The average Bonchev–Trinajstić information content (AvgIpc) is 2.55. The Morgan fingerprint density at radius 3 is 1.24 bits per heavy atom. The molecule has 0 rings (SSSR count). The van der Waals surface area contributed by atoms with E-state index >= 15 is 0 Å². The van der Waals surface area contributed by atoms with Crippen LogP contribution in [-0.2, 0) is 4.79 Å². The lowest BCUT2D eigenvalue weighted by Crippen LogP contribution is -2.74. The number of carboxylic acid groups (broad SMARTS) is 1. The Kier molecular flexibility index (Phi) is 8.02. The number of aliphatic carboxylic acids is 1. The third-order valence-corrected chi connectivity index (χ3v) is 4.03. The van der Waals surface area contributed by atoms with Gasteiger partial charge in [0.15, 0.2) is 0 Å². The first kappa shape index (κ1) is 31.2. The van der Waals surface area contributed by atoms with Crippen LogP contribution in [0, 0.1) is 5.92 Å². The van der Waals surface area contributed by atoms with E-state index in [0.29, 0.717) is 0 Å². The number of aliphatic hydroxyl groups excluding tert-OH is 1. The minimum atomic E-state index is -8.63. The van der Waals surface area contributed by atoms with E-state index in [4.69, 9.17) is 10.2 Å². The molecular formula is C13H9F17O3. The second-order valence-corrected chi connectivity index (χ2v) is 6.39. The molecule has 0 spiro atoms. The van der Waals surface area contributed by atoms with Crippen molar-refractivity contribution in [3.05, 3.63) is 0 Å². The number of carboxylic acids is 1. The fraction of sp³-hybridized carbons (Fsp3) is 0.923. The van der Waals surface area contributed by atoms with Crippen LogP contribution in [0.25, 0.3) is 0 Å². The van der Waals surface area contributed by atoms with Crippen molar-refractivity contribution in [2.45, 2.75) is 60.5 Å². The van der Waals surface area contributed by atoms with Gasteiger partial charge in [-0.3, -0.25) is 4.79 Å². The van der Waals surface area contributed by atoms with Gasteiger partial charge < -0.3 is 10.2 Å². The second kappa shape index (κ2) is 8.47. The van der Waals surface area contributed by atoms with Crippen LogP contribution in [-0.4, -0.2) is 70.4 Å². The maximum absolute atomic E-state index is 13.7. The van der Waals surface area contributed by atoms with Gasteiger partial charge in [0.05, 0.1) is 0 Å². The SMILES string of the molecule is O=C(O)C(CCO)C(F)(F)C(F)(F)C(F)(F)C(F)(F)C(F)(F)C(F)(F)C(F)(F)CC(F)(F)F. The zero-order chi connectivity index (χ0) is 27.3. The van der Waals surface area contributed by atoms with Gasteiger partial charge in [0.25, 0.3) is 0 Å². The molecule has 0 aromatic carbocycles. The molecule has 2 N–H and O–H groups in total. The highest BCUT2D eigenvalue weighted by molar-refractivity contribution is 5.71. The fourth-order valence-electron chi connectivity index (χ4n) is 2.20. The van der Waals surface area contributed by atoms with Gasteiger partial charge in [-0.25, -0.2) is 0 Å². The lowest BCUT2D eigenvalue weighted by Gasteiger charge is -2.43. The molecule has 0 radical (unpaired) electrons. The van der Waals surface area contributed by atoms with E-state index in [1.54, 1.807) is 0 Å². The summed E-state index contributed by atoms with van der Waals surface area (Å²) in [6.45, 7) is -1.83. The van der Waals surface area contributed by atoms with Crippen molar-refractivity contribution < 1.29 is 89.6 Å². The number of halogens is 17. The molecule has 0 aromatic heterocycles. The molecule has 33 heavy (non-hydrogen) atoms. The van der Waals surface area contributed by atoms with Crippen LogP contribution >= 0.6 is 0 Å². The second-order valence-electron chi connectivity index (χ2n) is 6.39. The predicted molar refractivity (Wildman–Crippen MR) is 68.1 cm³/mol. The van der Waals surface area contributed by atoms with Gasteiger partial charge in [-0.2, -0.15) is 74.6 Å². The molecule has 198 valence electrons. The number of alkyl halides is 17. The Bertz CT molecular complexity index is 711. The first-order valence-corrected chi connectivity index (χ1v) is 7.65. The Morgan fingerprint density at radius 1 is 0.606 bits per heavy atom. The van der Waals surface area contributed by atoms with E-state index < -0.39 is 79.0 Å². The Labute approximate surface area is 170 Å². The van der Waals surface area contributed by atoms with Crippen molar-refractivity contribution in [1.29, 1.82) is 0 Å². The number of hydrogen-bond acceptors (Lipinski definition) is 2. The van der Waals surface area contributed by atoms with Crippen LogP contribution in [0.3, 0.4) is 0 Å². The van der Waals surface area contributed by atoms with Gasteiger partial charge in [-0.1, -0.05) is 0 Å². The van der Waals surface area contributed by atoms with E-state index in [1.807, 2.05) is 0 Å². The van der Waals surface area contributed by atoms with E-state index in [0.717, 1.165) is 0 Å². The lowest BCUT2D eigenvalue weighted by molar-refractivity contribution is -0.446. The summed E-state index contributed by atoms with van der Waals surface area (Å²) >= 11 is 0. The highest BCUT2D eigenvalue weighted by Gasteiger charge is 2.93.